The molecule has 1 saturated carbocycles. The molecule has 1 aliphatic carbocycles. The Morgan fingerprint density at radius 2 is 2.20 bits per heavy atom. The summed E-state index contributed by atoms with van der Waals surface area (Å²) in [6, 6.07) is 2.74. The summed E-state index contributed by atoms with van der Waals surface area (Å²) in [5.41, 5.74) is 0.488. The van der Waals surface area contributed by atoms with Crippen LogP contribution in [0.4, 0.5) is 5.82 Å². The lowest BCUT2D eigenvalue weighted by atomic mass is 10.00. The van der Waals surface area contributed by atoms with E-state index in [0.29, 0.717) is 17.8 Å². The standard InChI is InChI=1S/C15H22N4O/c1-2-12-5-3-4-8-19(12)14-9-13(16-10-17-14)15(20)18-11-6-7-11/h9-12H,2-8H2,1H3,(H,18,20). The van der Waals surface area contributed by atoms with E-state index in [4.69, 9.17) is 0 Å². The summed E-state index contributed by atoms with van der Waals surface area (Å²) in [5.74, 6) is 0.828. The topological polar surface area (TPSA) is 58.1 Å². The van der Waals surface area contributed by atoms with E-state index in [1.807, 2.05) is 6.07 Å². The maximum Gasteiger partial charge on any atom is 0.270 e. The molecule has 2 fully saturated rings. The number of hydrogen-bond donors (Lipinski definition) is 1. The second-order valence-electron chi connectivity index (χ2n) is 5.76. The van der Waals surface area contributed by atoms with Crippen LogP contribution in [-0.2, 0) is 0 Å². The van der Waals surface area contributed by atoms with E-state index in [2.05, 4.69) is 27.1 Å². The SMILES string of the molecule is CCC1CCCCN1c1cc(C(=O)NC2CC2)ncn1. The Bertz CT molecular complexity index is 487. The van der Waals surface area contributed by atoms with Crippen LogP contribution in [0.1, 0.15) is 55.9 Å². The van der Waals surface area contributed by atoms with Crippen molar-refractivity contribution >= 4 is 11.7 Å². The lowest BCUT2D eigenvalue weighted by Crippen LogP contribution is -2.40. The second kappa shape index (κ2) is 5.77. The Hall–Kier alpha value is -1.65. The highest BCUT2D eigenvalue weighted by Crippen LogP contribution is 2.25. The number of rotatable bonds is 4. The van der Waals surface area contributed by atoms with Crippen molar-refractivity contribution in [1.82, 2.24) is 15.3 Å². The van der Waals surface area contributed by atoms with Gasteiger partial charge in [-0.05, 0) is 38.5 Å². The molecule has 1 aromatic heterocycles. The van der Waals surface area contributed by atoms with Gasteiger partial charge in [0.1, 0.15) is 17.8 Å². The van der Waals surface area contributed by atoms with Crippen molar-refractivity contribution in [2.45, 2.75) is 57.5 Å². The van der Waals surface area contributed by atoms with Crippen molar-refractivity contribution in [3.05, 3.63) is 18.1 Å². The van der Waals surface area contributed by atoms with Gasteiger partial charge in [0.2, 0.25) is 0 Å². The number of piperidine rings is 1. The van der Waals surface area contributed by atoms with Gasteiger partial charge in [-0.1, -0.05) is 6.92 Å². The van der Waals surface area contributed by atoms with E-state index in [1.165, 1.54) is 25.6 Å². The predicted molar refractivity (Wildman–Crippen MR) is 77.8 cm³/mol. The fourth-order valence-electron chi connectivity index (χ4n) is 2.84. The van der Waals surface area contributed by atoms with Gasteiger partial charge >= 0.3 is 0 Å². The quantitative estimate of drug-likeness (QED) is 0.914. The van der Waals surface area contributed by atoms with E-state index in [9.17, 15) is 4.79 Å². The van der Waals surface area contributed by atoms with E-state index in [0.717, 1.165) is 31.6 Å². The van der Waals surface area contributed by atoms with Crippen LogP contribution >= 0.6 is 0 Å². The Kier molecular flexibility index (Phi) is 3.85. The smallest absolute Gasteiger partial charge is 0.270 e. The molecular weight excluding hydrogens is 252 g/mol. The molecule has 1 unspecified atom stereocenters. The van der Waals surface area contributed by atoms with E-state index < -0.39 is 0 Å². The molecule has 0 aromatic carbocycles. The maximum absolute atomic E-state index is 12.1. The zero-order valence-electron chi connectivity index (χ0n) is 12.0. The van der Waals surface area contributed by atoms with Crippen LogP contribution in [0, 0.1) is 0 Å². The maximum atomic E-state index is 12.1. The average molecular weight is 274 g/mol. The summed E-state index contributed by atoms with van der Waals surface area (Å²) in [4.78, 5) is 22.9. The Morgan fingerprint density at radius 3 is 2.95 bits per heavy atom. The molecule has 0 spiro atoms. The van der Waals surface area contributed by atoms with Crippen LogP contribution in [0.5, 0.6) is 0 Å². The normalized spacial score (nSPS) is 22.6. The molecule has 0 bridgehead atoms. The van der Waals surface area contributed by atoms with Crippen LogP contribution in [0.2, 0.25) is 0 Å². The molecule has 1 N–H and O–H groups in total. The van der Waals surface area contributed by atoms with Gasteiger partial charge in [0, 0.05) is 24.7 Å². The zero-order chi connectivity index (χ0) is 13.9. The Morgan fingerprint density at radius 1 is 1.35 bits per heavy atom. The highest BCUT2D eigenvalue weighted by molar-refractivity contribution is 5.93. The van der Waals surface area contributed by atoms with Crippen LogP contribution in [0.3, 0.4) is 0 Å². The first-order chi connectivity index (χ1) is 9.78. The number of amides is 1. The summed E-state index contributed by atoms with van der Waals surface area (Å²) in [5, 5.41) is 2.98. The number of carbonyl (C=O) groups is 1. The van der Waals surface area contributed by atoms with Crippen LogP contribution in [-0.4, -0.2) is 34.5 Å². The number of carbonyl (C=O) groups excluding carboxylic acids is 1. The van der Waals surface area contributed by atoms with Crippen molar-refractivity contribution in [2.75, 3.05) is 11.4 Å². The molecule has 0 radical (unpaired) electrons. The number of aromatic nitrogens is 2. The number of nitrogens with zero attached hydrogens (tertiary/aromatic N) is 3. The van der Waals surface area contributed by atoms with Gasteiger partial charge < -0.3 is 10.2 Å². The minimum absolute atomic E-state index is 0.0683. The highest BCUT2D eigenvalue weighted by Gasteiger charge is 2.26. The molecule has 5 nitrogen and oxygen atoms in total. The van der Waals surface area contributed by atoms with E-state index in [-0.39, 0.29) is 5.91 Å². The third-order valence-corrected chi connectivity index (χ3v) is 4.19. The van der Waals surface area contributed by atoms with Crippen molar-refractivity contribution < 1.29 is 4.79 Å². The van der Waals surface area contributed by atoms with Gasteiger partial charge in [-0.25, -0.2) is 9.97 Å². The van der Waals surface area contributed by atoms with E-state index >= 15 is 0 Å². The molecule has 108 valence electrons. The zero-order valence-corrected chi connectivity index (χ0v) is 12.0. The Balaban J connectivity index is 1.76. The number of hydrogen-bond acceptors (Lipinski definition) is 4. The monoisotopic (exact) mass is 274 g/mol. The first kappa shape index (κ1) is 13.3. The molecule has 2 heterocycles. The summed E-state index contributed by atoms with van der Waals surface area (Å²) in [7, 11) is 0. The second-order valence-corrected chi connectivity index (χ2v) is 5.76. The molecule has 20 heavy (non-hydrogen) atoms. The van der Waals surface area contributed by atoms with Gasteiger partial charge in [0.05, 0.1) is 0 Å². The lowest BCUT2D eigenvalue weighted by molar-refractivity contribution is 0.0946. The predicted octanol–water partition coefficient (Wildman–Crippen LogP) is 2.14. The molecule has 5 heteroatoms. The van der Waals surface area contributed by atoms with Crippen molar-refractivity contribution in [2.24, 2.45) is 0 Å². The number of anilines is 1. The van der Waals surface area contributed by atoms with Crippen LogP contribution in [0.25, 0.3) is 0 Å². The van der Waals surface area contributed by atoms with Gasteiger partial charge in [0.15, 0.2) is 0 Å². The van der Waals surface area contributed by atoms with Crippen LogP contribution in [0.15, 0.2) is 12.4 Å². The summed E-state index contributed by atoms with van der Waals surface area (Å²) in [6.07, 6.45) is 8.51. The van der Waals surface area contributed by atoms with E-state index in [1.54, 1.807) is 0 Å². The van der Waals surface area contributed by atoms with Crippen molar-refractivity contribution in [3.63, 3.8) is 0 Å². The molecule has 1 aliphatic heterocycles. The first-order valence-corrected chi connectivity index (χ1v) is 7.67. The minimum atomic E-state index is -0.0683. The number of nitrogens with one attached hydrogen (secondary N) is 1. The van der Waals surface area contributed by atoms with Gasteiger partial charge in [-0.3, -0.25) is 4.79 Å². The van der Waals surface area contributed by atoms with Gasteiger partial charge in [-0.15, -0.1) is 0 Å². The van der Waals surface area contributed by atoms with Gasteiger partial charge in [0.25, 0.3) is 5.91 Å². The third-order valence-electron chi connectivity index (χ3n) is 4.19. The summed E-state index contributed by atoms with van der Waals surface area (Å²) >= 11 is 0. The van der Waals surface area contributed by atoms with Gasteiger partial charge in [-0.2, -0.15) is 0 Å². The molecular formula is C15H22N4O. The molecule has 1 aromatic rings. The fourth-order valence-corrected chi connectivity index (χ4v) is 2.84. The largest absolute Gasteiger partial charge is 0.354 e. The molecule has 1 atom stereocenters. The van der Waals surface area contributed by atoms with Crippen molar-refractivity contribution in [1.29, 1.82) is 0 Å². The fraction of sp³-hybridized carbons (Fsp3) is 0.667. The lowest BCUT2D eigenvalue weighted by Gasteiger charge is -2.36. The molecule has 3 rings (SSSR count). The Labute approximate surface area is 119 Å². The summed E-state index contributed by atoms with van der Waals surface area (Å²) < 4.78 is 0. The minimum Gasteiger partial charge on any atom is -0.354 e. The first-order valence-electron chi connectivity index (χ1n) is 7.67. The summed E-state index contributed by atoms with van der Waals surface area (Å²) in [6.45, 7) is 3.24. The molecule has 1 saturated heterocycles. The molecule has 1 amide bonds. The van der Waals surface area contributed by atoms with Crippen LogP contribution < -0.4 is 10.2 Å². The average Bonchev–Trinajstić information content (AvgIpc) is 3.31. The third kappa shape index (κ3) is 2.92. The molecule has 2 aliphatic rings. The highest BCUT2D eigenvalue weighted by atomic mass is 16.2. The van der Waals surface area contributed by atoms with Crippen molar-refractivity contribution in [3.8, 4) is 0 Å².